The highest BCUT2D eigenvalue weighted by Crippen LogP contribution is 2.28. The number of rotatable bonds is 4. The Bertz CT molecular complexity index is 524. The Morgan fingerprint density at radius 1 is 1.33 bits per heavy atom. The molecule has 3 N–H and O–H groups in total. The first kappa shape index (κ1) is 12.9. The molecule has 0 radical (unpaired) electrons. The number of nitrogens with two attached hydrogens (primary N) is 1. The standard InChI is InChI=1S/C12H16N4OS/c1-12(17,9-6-4-3-5-7-9)8-18-11-15-14-10(13)16(11)2/h3-7,17H,8H2,1-2H3,(H2,13,14). The van der Waals surface area contributed by atoms with E-state index in [9.17, 15) is 5.11 Å². The summed E-state index contributed by atoms with van der Waals surface area (Å²) in [6, 6.07) is 9.57. The third-order valence-electron chi connectivity index (χ3n) is 2.75. The number of thioether (sulfide) groups is 1. The van der Waals surface area contributed by atoms with E-state index in [0.29, 0.717) is 16.9 Å². The SMILES string of the molecule is Cn1c(N)nnc1SCC(C)(O)c1ccccc1. The minimum absolute atomic E-state index is 0.372. The van der Waals surface area contributed by atoms with Crippen molar-refractivity contribution < 1.29 is 5.11 Å². The maximum atomic E-state index is 10.4. The molecule has 5 nitrogen and oxygen atoms in total. The molecule has 1 heterocycles. The van der Waals surface area contributed by atoms with Crippen LogP contribution >= 0.6 is 11.8 Å². The third-order valence-corrected chi connectivity index (χ3v) is 4.07. The molecule has 1 aromatic heterocycles. The van der Waals surface area contributed by atoms with Crippen LogP contribution in [0.4, 0.5) is 5.95 Å². The van der Waals surface area contributed by atoms with Crippen LogP contribution in [0.1, 0.15) is 12.5 Å². The number of aromatic nitrogens is 3. The van der Waals surface area contributed by atoms with E-state index in [-0.39, 0.29) is 0 Å². The summed E-state index contributed by atoms with van der Waals surface area (Å²) in [5.41, 5.74) is 5.58. The lowest BCUT2D eigenvalue weighted by Gasteiger charge is -2.22. The molecule has 0 fully saturated rings. The van der Waals surface area contributed by atoms with Crippen LogP contribution in [-0.4, -0.2) is 25.6 Å². The summed E-state index contributed by atoms with van der Waals surface area (Å²) >= 11 is 1.43. The quantitative estimate of drug-likeness (QED) is 0.816. The number of benzene rings is 1. The van der Waals surface area contributed by atoms with Gasteiger partial charge in [-0.1, -0.05) is 42.1 Å². The first-order valence-electron chi connectivity index (χ1n) is 5.56. The van der Waals surface area contributed by atoms with Crippen LogP contribution in [0.3, 0.4) is 0 Å². The van der Waals surface area contributed by atoms with Crippen LogP contribution in [0.25, 0.3) is 0 Å². The van der Waals surface area contributed by atoms with Gasteiger partial charge < -0.3 is 10.8 Å². The van der Waals surface area contributed by atoms with E-state index in [1.807, 2.05) is 30.3 Å². The average Bonchev–Trinajstić information content (AvgIpc) is 2.69. The van der Waals surface area contributed by atoms with Crippen molar-refractivity contribution in [2.45, 2.75) is 17.7 Å². The number of aliphatic hydroxyl groups is 1. The normalized spacial score (nSPS) is 14.4. The fourth-order valence-electron chi connectivity index (χ4n) is 1.54. The zero-order valence-corrected chi connectivity index (χ0v) is 11.2. The van der Waals surface area contributed by atoms with Gasteiger partial charge in [-0.25, -0.2) is 0 Å². The zero-order valence-electron chi connectivity index (χ0n) is 10.4. The lowest BCUT2D eigenvalue weighted by molar-refractivity contribution is 0.0838. The molecule has 0 aliphatic heterocycles. The van der Waals surface area contributed by atoms with E-state index in [4.69, 9.17) is 5.73 Å². The molecule has 0 saturated carbocycles. The van der Waals surface area contributed by atoms with Crippen LogP contribution in [0.15, 0.2) is 35.5 Å². The summed E-state index contributed by atoms with van der Waals surface area (Å²) in [4.78, 5) is 0. The summed E-state index contributed by atoms with van der Waals surface area (Å²) in [6.07, 6.45) is 0. The fraction of sp³-hybridized carbons (Fsp3) is 0.333. The Morgan fingerprint density at radius 2 is 2.00 bits per heavy atom. The van der Waals surface area contributed by atoms with Gasteiger partial charge in [-0.15, -0.1) is 10.2 Å². The monoisotopic (exact) mass is 264 g/mol. The summed E-state index contributed by atoms with van der Waals surface area (Å²) < 4.78 is 1.70. The minimum atomic E-state index is -0.910. The van der Waals surface area contributed by atoms with Gasteiger partial charge in [0.25, 0.3) is 0 Å². The molecule has 0 aliphatic carbocycles. The van der Waals surface area contributed by atoms with Crippen molar-refractivity contribution in [1.82, 2.24) is 14.8 Å². The lowest BCUT2D eigenvalue weighted by Crippen LogP contribution is -2.24. The molecule has 18 heavy (non-hydrogen) atoms. The first-order valence-corrected chi connectivity index (χ1v) is 6.55. The predicted octanol–water partition coefficient (Wildman–Crippen LogP) is 1.40. The van der Waals surface area contributed by atoms with Crippen LogP contribution < -0.4 is 5.73 Å². The van der Waals surface area contributed by atoms with Crippen molar-refractivity contribution in [3.63, 3.8) is 0 Å². The second-order valence-corrected chi connectivity index (χ2v) is 5.27. The van der Waals surface area contributed by atoms with E-state index in [0.717, 1.165) is 5.56 Å². The van der Waals surface area contributed by atoms with Gasteiger partial charge in [-0.3, -0.25) is 4.57 Å². The number of hydrogen-bond donors (Lipinski definition) is 2. The Balaban J connectivity index is 2.08. The van der Waals surface area contributed by atoms with Gasteiger partial charge in [0.05, 0.1) is 5.60 Å². The van der Waals surface area contributed by atoms with Gasteiger partial charge in [0.2, 0.25) is 5.95 Å². The van der Waals surface area contributed by atoms with E-state index >= 15 is 0 Å². The maximum absolute atomic E-state index is 10.4. The Hall–Kier alpha value is -1.53. The smallest absolute Gasteiger partial charge is 0.222 e. The Morgan fingerprint density at radius 3 is 2.56 bits per heavy atom. The van der Waals surface area contributed by atoms with Gasteiger partial charge in [-0.2, -0.15) is 0 Å². The molecule has 96 valence electrons. The number of hydrogen-bond acceptors (Lipinski definition) is 5. The average molecular weight is 264 g/mol. The number of nitrogens with zero attached hydrogens (tertiary/aromatic N) is 3. The van der Waals surface area contributed by atoms with Crippen LogP contribution in [-0.2, 0) is 12.6 Å². The molecule has 1 atom stereocenters. The van der Waals surface area contributed by atoms with Crippen LogP contribution in [0.2, 0.25) is 0 Å². The second kappa shape index (κ2) is 4.99. The van der Waals surface area contributed by atoms with Gasteiger partial charge in [0.15, 0.2) is 5.16 Å². The first-order chi connectivity index (χ1) is 8.50. The van der Waals surface area contributed by atoms with Crippen molar-refractivity contribution in [1.29, 1.82) is 0 Å². The molecule has 0 spiro atoms. The van der Waals surface area contributed by atoms with Crippen molar-refractivity contribution in [3.05, 3.63) is 35.9 Å². The van der Waals surface area contributed by atoms with Gasteiger partial charge in [-0.05, 0) is 12.5 Å². The second-order valence-electron chi connectivity index (χ2n) is 4.33. The number of anilines is 1. The molecular formula is C12H16N4OS. The van der Waals surface area contributed by atoms with Crippen LogP contribution in [0, 0.1) is 0 Å². The molecular weight excluding hydrogens is 248 g/mol. The van der Waals surface area contributed by atoms with E-state index in [1.165, 1.54) is 11.8 Å². The summed E-state index contributed by atoms with van der Waals surface area (Å²) in [5.74, 6) is 0.861. The fourth-order valence-corrected chi connectivity index (χ4v) is 2.50. The van der Waals surface area contributed by atoms with Crippen molar-refractivity contribution in [2.75, 3.05) is 11.5 Å². The van der Waals surface area contributed by atoms with E-state index in [2.05, 4.69) is 10.2 Å². The molecule has 1 aromatic carbocycles. The maximum Gasteiger partial charge on any atom is 0.222 e. The topological polar surface area (TPSA) is 77.0 Å². The highest BCUT2D eigenvalue weighted by atomic mass is 32.2. The summed E-state index contributed by atoms with van der Waals surface area (Å²) in [7, 11) is 1.80. The zero-order chi connectivity index (χ0) is 13.2. The number of nitrogen functional groups attached to an aromatic ring is 1. The predicted molar refractivity (Wildman–Crippen MR) is 72.2 cm³/mol. The highest BCUT2D eigenvalue weighted by Gasteiger charge is 2.24. The van der Waals surface area contributed by atoms with Crippen molar-refractivity contribution in [3.8, 4) is 0 Å². The summed E-state index contributed by atoms with van der Waals surface area (Å²) in [6.45, 7) is 1.79. The largest absolute Gasteiger partial charge is 0.385 e. The summed E-state index contributed by atoms with van der Waals surface area (Å²) in [5, 5.41) is 18.9. The lowest BCUT2D eigenvalue weighted by atomic mass is 9.99. The molecule has 1 unspecified atom stereocenters. The molecule has 2 aromatic rings. The van der Waals surface area contributed by atoms with E-state index < -0.39 is 5.60 Å². The molecule has 0 aliphatic rings. The third kappa shape index (κ3) is 2.65. The van der Waals surface area contributed by atoms with Gasteiger partial charge >= 0.3 is 0 Å². The van der Waals surface area contributed by atoms with Gasteiger partial charge in [0.1, 0.15) is 0 Å². The molecule has 0 bridgehead atoms. The molecule has 0 amide bonds. The van der Waals surface area contributed by atoms with Crippen LogP contribution in [0.5, 0.6) is 0 Å². The molecule has 0 saturated heterocycles. The van der Waals surface area contributed by atoms with E-state index in [1.54, 1.807) is 18.5 Å². The highest BCUT2D eigenvalue weighted by molar-refractivity contribution is 7.99. The molecule has 2 rings (SSSR count). The molecule has 6 heteroatoms. The Kier molecular flexibility index (Phi) is 3.58. The van der Waals surface area contributed by atoms with Gasteiger partial charge in [0, 0.05) is 12.8 Å². The van der Waals surface area contributed by atoms with Crippen molar-refractivity contribution in [2.24, 2.45) is 7.05 Å². The minimum Gasteiger partial charge on any atom is -0.385 e. The van der Waals surface area contributed by atoms with Crippen molar-refractivity contribution >= 4 is 17.7 Å². The Labute approximate surface area is 110 Å².